The van der Waals surface area contributed by atoms with Gasteiger partial charge in [-0.2, -0.15) is 0 Å². The fourth-order valence-corrected chi connectivity index (χ4v) is 4.39. The van der Waals surface area contributed by atoms with Crippen molar-refractivity contribution in [2.75, 3.05) is 7.11 Å². The quantitative estimate of drug-likeness (QED) is 0.880. The van der Waals surface area contributed by atoms with Crippen LogP contribution in [-0.2, 0) is 21.2 Å². The Morgan fingerprint density at radius 1 is 1.32 bits per heavy atom. The van der Waals surface area contributed by atoms with Gasteiger partial charge in [-0.15, -0.1) is 0 Å². The molecule has 0 saturated carbocycles. The van der Waals surface area contributed by atoms with E-state index in [9.17, 15) is 17.6 Å². The van der Waals surface area contributed by atoms with Crippen LogP contribution in [-0.4, -0.2) is 21.4 Å². The molecule has 2 aromatic carbocycles. The van der Waals surface area contributed by atoms with Crippen molar-refractivity contribution in [3.63, 3.8) is 0 Å². The molecule has 132 valence electrons. The summed E-state index contributed by atoms with van der Waals surface area (Å²) in [6.45, 7) is 0. The molecule has 1 aliphatic carbocycles. The molecule has 2 aromatic rings. The van der Waals surface area contributed by atoms with Crippen LogP contribution in [0.3, 0.4) is 0 Å². The number of carbonyl (C=O) groups excluding carboxylic acids is 1. The van der Waals surface area contributed by atoms with Crippen LogP contribution >= 0.6 is 11.6 Å². The average molecular weight is 384 g/mol. The van der Waals surface area contributed by atoms with E-state index in [1.54, 1.807) is 18.2 Å². The van der Waals surface area contributed by atoms with E-state index >= 15 is 0 Å². The minimum Gasteiger partial charge on any atom is -0.496 e. The first-order chi connectivity index (χ1) is 11.8. The van der Waals surface area contributed by atoms with Gasteiger partial charge in [0.15, 0.2) is 0 Å². The number of halogens is 2. The Labute approximate surface area is 149 Å². The SMILES string of the molecule is COc1cccc2c1CCC2C(=O)NS(=O)(=O)c1cc(Cl)ccc1F. The van der Waals surface area contributed by atoms with Crippen molar-refractivity contribution in [2.45, 2.75) is 23.7 Å². The number of ether oxygens (including phenoxy) is 1. The van der Waals surface area contributed by atoms with Crippen molar-refractivity contribution >= 4 is 27.5 Å². The van der Waals surface area contributed by atoms with Crippen LogP contribution in [0.1, 0.15) is 23.5 Å². The third-order valence-electron chi connectivity index (χ3n) is 4.18. The molecule has 1 atom stereocenters. The number of methoxy groups -OCH3 is 1. The molecule has 1 amide bonds. The molecule has 0 aliphatic heterocycles. The summed E-state index contributed by atoms with van der Waals surface area (Å²) in [7, 11) is -2.82. The van der Waals surface area contributed by atoms with Gasteiger partial charge in [-0.05, 0) is 48.2 Å². The topological polar surface area (TPSA) is 72.5 Å². The van der Waals surface area contributed by atoms with Gasteiger partial charge in [-0.25, -0.2) is 17.5 Å². The largest absolute Gasteiger partial charge is 0.496 e. The molecule has 1 aliphatic rings. The van der Waals surface area contributed by atoms with Crippen LogP contribution in [0.5, 0.6) is 5.75 Å². The highest BCUT2D eigenvalue weighted by Gasteiger charge is 2.33. The zero-order valence-electron chi connectivity index (χ0n) is 13.3. The van der Waals surface area contributed by atoms with Gasteiger partial charge in [-0.3, -0.25) is 4.79 Å². The van der Waals surface area contributed by atoms with E-state index in [0.29, 0.717) is 18.6 Å². The minimum atomic E-state index is -4.36. The standard InChI is InChI=1S/C17H15ClFNO4S/c1-24-15-4-2-3-11-12(15)6-7-13(11)17(21)20-25(22,23)16-9-10(18)5-8-14(16)19/h2-5,8-9,13H,6-7H2,1H3,(H,20,21). The second-order valence-corrected chi connectivity index (χ2v) is 7.75. The molecule has 1 unspecified atom stereocenters. The number of hydrogen-bond donors (Lipinski definition) is 1. The number of benzene rings is 2. The van der Waals surface area contributed by atoms with Crippen molar-refractivity contribution in [1.82, 2.24) is 4.72 Å². The zero-order chi connectivity index (χ0) is 18.2. The second-order valence-electron chi connectivity index (χ2n) is 5.66. The van der Waals surface area contributed by atoms with Gasteiger partial charge in [0.2, 0.25) is 5.91 Å². The Morgan fingerprint density at radius 3 is 2.80 bits per heavy atom. The van der Waals surface area contributed by atoms with Crippen LogP contribution in [0.25, 0.3) is 0 Å². The lowest BCUT2D eigenvalue weighted by molar-refractivity contribution is -0.120. The molecule has 25 heavy (non-hydrogen) atoms. The summed E-state index contributed by atoms with van der Waals surface area (Å²) in [5, 5.41) is 0.0603. The van der Waals surface area contributed by atoms with Crippen molar-refractivity contribution in [1.29, 1.82) is 0 Å². The highest BCUT2D eigenvalue weighted by atomic mass is 35.5. The van der Waals surface area contributed by atoms with Crippen molar-refractivity contribution in [3.8, 4) is 5.75 Å². The van der Waals surface area contributed by atoms with Gasteiger partial charge >= 0.3 is 0 Å². The summed E-state index contributed by atoms with van der Waals surface area (Å²) in [5.41, 5.74) is 1.61. The third-order valence-corrected chi connectivity index (χ3v) is 5.78. The van der Waals surface area contributed by atoms with E-state index < -0.39 is 32.6 Å². The summed E-state index contributed by atoms with van der Waals surface area (Å²) >= 11 is 5.73. The predicted octanol–water partition coefficient (Wildman–Crippen LogP) is 3.02. The number of rotatable bonds is 4. The van der Waals surface area contributed by atoms with Crippen molar-refractivity contribution in [3.05, 3.63) is 58.4 Å². The summed E-state index contributed by atoms with van der Waals surface area (Å²) < 4.78 is 45.8. The molecule has 3 rings (SSSR count). The molecule has 0 saturated heterocycles. The van der Waals surface area contributed by atoms with Crippen LogP contribution in [0.2, 0.25) is 5.02 Å². The van der Waals surface area contributed by atoms with Crippen LogP contribution in [0, 0.1) is 5.82 Å². The number of fused-ring (bicyclic) bond motifs is 1. The number of carbonyl (C=O) groups is 1. The predicted molar refractivity (Wildman–Crippen MR) is 90.8 cm³/mol. The van der Waals surface area contributed by atoms with Crippen LogP contribution < -0.4 is 9.46 Å². The first-order valence-corrected chi connectivity index (χ1v) is 9.37. The smallest absolute Gasteiger partial charge is 0.267 e. The third kappa shape index (κ3) is 3.34. The van der Waals surface area contributed by atoms with Crippen molar-refractivity contribution in [2.24, 2.45) is 0 Å². The fraction of sp³-hybridized carbons (Fsp3) is 0.235. The molecular weight excluding hydrogens is 369 g/mol. The summed E-state index contributed by atoms with van der Waals surface area (Å²) in [4.78, 5) is 11.9. The van der Waals surface area contributed by atoms with Gasteiger partial charge in [0.25, 0.3) is 10.0 Å². The number of sulfonamides is 1. The van der Waals surface area contributed by atoms with E-state index in [1.807, 2.05) is 4.72 Å². The van der Waals surface area contributed by atoms with Gasteiger partial charge in [-0.1, -0.05) is 23.7 Å². The normalized spacial score (nSPS) is 16.4. The Kier molecular flexibility index (Phi) is 4.71. The van der Waals surface area contributed by atoms with Gasteiger partial charge in [0.05, 0.1) is 13.0 Å². The summed E-state index contributed by atoms with van der Waals surface area (Å²) in [5.74, 6) is -1.65. The molecule has 0 aromatic heterocycles. The summed E-state index contributed by atoms with van der Waals surface area (Å²) in [6, 6.07) is 8.44. The first-order valence-electron chi connectivity index (χ1n) is 7.51. The van der Waals surface area contributed by atoms with E-state index in [2.05, 4.69) is 0 Å². The molecule has 0 spiro atoms. The zero-order valence-corrected chi connectivity index (χ0v) is 14.8. The number of amides is 1. The van der Waals surface area contributed by atoms with E-state index in [-0.39, 0.29) is 5.02 Å². The molecular formula is C17H15ClFNO4S. The molecule has 8 heteroatoms. The molecule has 0 fully saturated rings. The number of nitrogens with one attached hydrogen (secondary N) is 1. The maximum atomic E-state index is 13.8. The molecule has 0 bridgehead atoms. The van der Waals surface area contributed by atoms with Crippen LogP contribution in [0.4, 0.5) is 4.39 Å². The monoisotopic (exact) mass is 383 g/mol. The molecule has 0 heterocycles. The Bertz CT molecular complexity index is 946. The van der Waals surface area contributed by atoms with E-state index in [0.717, 1.165) is 23.3 Å². The maximum Gasteiger partial charge on any atom is 0.267 e. The maximum absolute atomic E-state index is 13.8. The average Bonchev–Trinajstić information content (AvgIpc) is 3.00. The van der Waals surface area contributed by atoms with Gasteiger partial charge in [0.1, 0.15) is 16.5 Å². The lowest BCUT2D eigenvalue weighted by Crippen LogP contribution is -2.34. The highest BCUT2D eigenvalue weighted by molar-refractivity contribution is 7.90. The number of hydrogen-bond acceptors (Lipinski definition) is 4. The lowest BCUT2D eigenvalue weighted by Gasteiger charge is -2.14. The Morgan fingerprint density at radius 2 is 2.08 bits per heavy atom. The molecule has 5 nitrogen and oxygen atoms in total. The van der Waals surface area contributed by atoms with Crippen LogP contribution in [0.15, 0.2) is 41.3 Å². The Balaban J connectivity index is 1.88. The second kappa shape index (κ2) is 6.65. The first kappa shape index (κ1) is 17.7. The van der Waals surface area contributed by atoms with E-state index in [4.69, 9.17) is 16.3 Å². The van der Waals surface area contributed by atoms with Gasteiger partial charge < -0.3 is 4.74 Å². The minimum absolute atomic E-state index is 0.0603. The molecule has 1 N–H and O–H groups in total. The highest BCUT2D eigenvalue weighted by Crippen LogP contribution is 2.38. The van der Waals surface area contributed by atoms with Crippen molar-refractivity contribution < 1.29 is 22.3 Å². The summed E-state index contributed by atoms with van der Waals surface area (Å²) in [6.07, 6.45) is 1.05. The lowest BCUT2D eigenvalue weighted by atomic mass is 10.0. The fourth-order valence-electron chi connectivity index (χ4n) is 3.03. The Hall–Kier alpha value is -2.12. The van der Waals surface area contributed by atoms with Gasteiger partial charge in [0, 0.05) is 5.02 Å². The molecule has 0 radical (unpaired) electrons. The van der Waals surface area contributed by atoms with E-state index in [1.165, 1.54) is 13.2 Å².